The number of anilines is 1. The molecule has 0 saturated heterocycles. The molecule has 7 heteroatoms. The van der Waals surface area contributed by atoms with E-state index in [0.717, 1.165) is 0 Å². The van der Waals surface area contributed by atoms with Crippen molar-refractivity contribution >= 4 is 17.7 Å². The van der Waals surface area contributed by atoms with Gasteiger partial charge in [0.2, 0.25) is 5.91 Å². The van der Waals surface area contributed by atoms with Crippen molar-refractivity contribution in [3.8, 4) is 5.75 Å². The highest BCUT2D eigenvalue weighted by atomic mass is 16.4. The fourth-order valence-corrected chi connectivity index (χ4v) is 1.60. The van der Waals surface area contributed by atoms with Crippen LogP contribution in [0, 0.1) is 0 Å². The lowest BCUT2D eigenvalue weighted by Crippen LogP contribution is -2.18. The Morgan fingerprint density at radius 2 is 1.85 bits per heavy atom. The summed E-state index contributed by atoms with van der Waals surface area (Å²) >= 11 is 0. The van der Waals surface area contributed by atoms with Crippen molar-refractivity contribution in [2.24, 2.45) is 0 Å². The summed E-state index contributed by atoms with van der Waals surface area (Å²) in [5, 5.41) is 20.8. The van der Waals surface area contributed by atoms with Crippen molar-refractivity contribution < 1.29 is 19.8 Å². The molecule has 0 bridgehead atoms. The van der Waals surface area contributed by atoms with Gasteiger partial charge in [0.1, 0.15) is 5.75 Å². The summed E-state index contributed by atoms with van der Waals surface area (Å²) in [6.45, 7) is 0. The number of phenols is 1. The van der Waals surface area contributed by atoms with E-state index in [-0.39, 0.29) is 23.7 Å². The van der Waals surface area contributed by atoms with Gasteiger partial charge in [-0.15, -0.1) is 0 Å². The van der Waals surface area contributed by atoms with Crippen molar-refractivity contribution in [3.63, 3.8) is 0 Å². The third-order valence-corrected chi connectivity index (χ3v) is 2.50. The lowest BCUT2D eigenvalue weighted by atomic mass is 10.1. The van der Waals surface area contributed by atoms with Crippen LogP contribution in [-0.2, 0) is 11.2 Å². The van der Waals surface area contributed by atoms with Crippen LogP contribution in [0.15, 0.2) is 36.7 Å². The van der Waals surface area contributed by atoms with Crippen LogP contribution in [0.25, 0.3) is 0 Å². The number of hydrogen-bond acceptors (Lipinski definition) is 5. The standard InChI is InChI=1S/C13H11N3O4/c17-9-4-2-1-3-8(9)7-10(18)16-12-11(13(19)20)14-5-6-15-12/h1-6,17H,7H2,(H,19,20)(H,15,16,18). The number of carboxylic acid groups (broad SMARTS) is 1. The molecule has 0 radical (unpaired) electrons. The Balaban J connectivity index is 2.13. The van der Waals surface area contributed by atoms with Gasteiger partial charge < -0.3 is 15.5 Å². The van der Waals surface area contributed by atoms with Gasteiger partial charge in [0.05, 0.1) is 6.42 Å². The number of para-hydroxylation sites is 1. The zero-order valence-electron chi connectivity index (χ0n) is 10.3. The van der Waals surface area contributed by atoms with Gasteiger partial charge in [-0.2, -0.15) is 0 Å². The number of aromatic hydroxyl groups is 1. The molecule has 1 amide bonds. The van der Waals surface area contributed by atoms with E-state index in [4.69, 9.17) is 5.11 Å². The molecular weight excluding hydrogens is 262 g/mol. The number of carbonyl (C=O) groups is 2. The molecule has 1 aromatic carbocycles. The molecule has 2 rings (SSSR count). The smallest absolute Gasteiger partial charge is 0.358 e. The Labute approximate surface area is 113 Å². The molecular formula is C13H11N3O4. The van der Waals surface area contributed by atoms with E-state index < -0.39 is 11.9 Å². The molecule has 3 N–H and O–H groups in total. The maximum Gasteiger partial charge on any atom is 0.358 e. The number of carbonyl (C=O) groups excluding carboxylic acids is 1. The highest BCUT2D eigenvalue weighted by Gasteiger charge is 2.15. The van der Waals surface area contributed by atoms with Crippen molar-refractivity contribution in [2.75, 3.05) is 5.32 Å². The molecule has 7 nitrogen and oxygen atoms in total. The Kier molecular flexibility index (Phi) is 3.90. The molecule has 0 aliphatic carbocycles. The molecule has 0 spiro atoms. The van der Waals surface area contributed by atoms with Gasteiger partial charge in [-0.25, -0.2) is 14.8 Å². The third-order valence-electron chi connectivity index (χ3n) is 2.50. The number of nitrogens with zero attached hydrogens (tertiary/aromatic N) is 2. The fourth-order valence-electron chi connectivity index (χ4n) is 1.60. The predicted molar refractivity (Wildman–Crippen MR) is 69.4 cm³/mol. The second-order valence-electron chi connectivity index (χ2n) is 3.91. The number of aromatic nitrogens is 2. The number of amides is 1. The van der Waals surface area contributed by atoms with Crippen LogP contribution in [0.4, 0.5) is 5.82 Å². The van der Waals surface area contributed by atoms with Gasteiger partial charge in [-0.1, -0.05) is 18.2 Å². The van der Waals surface area contributed by atoms with Gasteiger partial charge in [0, 0.05) is 18.0 Å². The van der Waals surface area contributed by atoms with Crippen LogP contribution < -0.4 is 5.32 Å². The molecule has 1 aromatic heterocycles. The zero-order chi connectivity index (χ0) is 14.5. The lowest BCUT2D eigenvalue weighted by molar-refractivity contribution is -0.115. The first-order valence-electron chi connectivity index (χ1n) is 5.69. The number of aromatic carboxylic acids is 1. The van der Waals surface area contributed by atoms with Gasteiger partial charge in [0.15, 0.2) is 11.5 Å². The summed E-state index contributed by atoms with van der Waals surface area (Å²) in [4.78, 5) is 30.1. The second-order valence-corrected chi connectivity index (χ2v) is 3.91. The molecule has 0 aliphatic heterocycles. The number of benzene rings is 1. The molecule has 0 unspecified atom stereocenters. The quantitative estimate of drug-likeness (QED) is 0.767. The molecule has 0 atom stereocenters. The Hall–Kier alpha value is -2.96. The minimum atomic E-state index is -1.28. The van der Waals surface area contributed by atoms with E-state index >= 15 is 0 Å². The maximum atomic E-state index is 11.8. The maximum absolute atomic E-state index is 11.8. The minimum absolute atomic E-state index is 0.000235. The Bertz CT molecular complexity index is 658. The van der Waals surface area contributed by atoms with E-state index in [1.54, 1.807) is 18.2 Å². The fraction of sp³-hybridized carbons (Fsp3) is 0.0769. The number of phenolic OH excluding ortho intramolecular Hbond substituents is 1. The number of hydrogen-bond donors (Lipinski definition) is 3. The predicted octanol–water partition coefficient (Wildman–Crippen LogP) is 1.06. The monoisotopic (exact) mass is 273 g/mol. The van der Waals surface area contributed by atoms with E-state index in [2.05, 4.69) is 15.3 Å². The average Bonchev–Trinajstić information content (AvgIpc) is 2.41. The summed E-state index contributed by atoms with van der Waals surface area (Å²) in [5.74, 6) is -1.90. The van der Waals surface area contributed by atoms with Crippen molar-refractivity contribution in [2.45, 2.75) is 6.42 Å². The van der Waals surface area contributed by atoms with Crippen LogP contribution in [0.1, 0.15) is 16.1 Å². The molecule has 0 fully saturated rings. The van der Waals surface area contributed by atoms with Crippen LogP contribution in [0.3, 0.4) is 0 Å². The molecule has 0 saturated carbocycles. The summed E-state index contributed by atoms with van der Waals surface area (Å²) < 4.78 is 0. The summed E-state index contributed by atoms with van der Waals surface area (Å²) in [6.07, 6.45) is 2.41. The van der Waals surface area contributed by atoms with Crippen LogP contribution in [0.2, 0.25) is 0 Å². The van der Waals surface area contributed by atoms with Gasteiger partial charge in [-0.05, 0) is 6.07 Å². The highest BCUT2D eigenvalue weighted by Crippen LogP contribution is 2.17. The highest BCUT2D eigenvalue weighted by molar-refractivity contribution is 5.98. The first-order chi connectivity index (χ1) is 9.58. The molecule has 1 heterocycles. The van der Waals surface area contributed by atoms with Gasteiger partial charge in [0.25, 0.3) is 0 Å². The first-order valence-corrected chi connectivity index (χ1v) is 5.69. The first kappa shape index (κ1) is 13.5. The van der Waals surface area contributed by atoms with Crippen LogP contribution in [-0.4, -0.2) is 32.1 Å². The Morgan fingerprint density at radius 3 is 2.55 bits per heavy atom. The summed E-state index contributed by atoms with van der Waals surface area (Å²) in [6, 6.07) is 6.40. The topological polar surface area (TPSA) is 112 Å². The normalized spacial score (nSPS) is 10.0. The van der Waals surface area contributed by atoms with E-state index in [9.17, 15) is 14.7 Å². The van der Waals surface area contributed by atoms with Crippen LogP contribution >= 0.6 is 0 Å². The Morgan fingerprint density at radius 1 is 1.15 bits per heavy atom. The minimum Gasteiger partial charge on any atom is -0.508 e. The van der Waals surface area contributed by atoms with E-state index in [1.807, 2.05) is 0 Å². The van der Waals surface area contributed by atoms with E-state index in [1.165, 1.54) is 18.5 Å². The lowest BCUT2D eigenvalue weighted by Gasteiger charge is -2.07. The molecule has 102 valence electrons. The molecule has 2 aromatic rings. The molecule has 20 heavy (non-hydrogen) atoms. The van der Waals surface area contributed by atoms with E-state index in [0.29, 0.717) is 5.56 Å². The SMILES string of the molecule is O=C(Cc1ccccc1O)Nc1nccnc1C(=O)O. The van der Waals surface area contributed by atoms with Gasteiger partial charge in [-0.3, -0.25) is 4.79 Å². The average molecular weight is 273 g/mol. The van der Waals surface area contributed by atoms with Crippen molar-refractivity contribution in [1.82, 2.24) is 9.97 Å². The third kappa shape index (κ3) is 3.08. The van der Waals surface area contributed by atoms with Gasteiger partial charge >= 0.3 is 5.97 Å². The zero-order valence-corrected chi connectivity index (χ0v) is 10.3. The van der Waals surface area contributed by atoms with Crippen LogP contribution in [0.5, 0.6) is 5.75 Å². The largest absolute Gasteiger partial charge is 0.508 e. The van der Waals surface area contributed by atoms with Crippen molar-refractivity contribution in [1.29, 1.82) is 0 Å². The summed E-state index contributed by atoms with van der Waals surface area (Å²) in [5.41, 5.74) is 0.101. The van der Waals surface area contributed by atoms with Crippen molar-refractivity contribution in [3.05, 3.63) is 47.9 Å². The second kappa shape index (κ2) is 5.79. The number of carboxylic acids is 1. The number of rotatable bonds is 4. The number of nitrogens with one attached hydrogen (secondary N) is 1. The summed E-state index contributed by atoms with van der Waals surface area (Å²) in [7, 11) is 0. The molecule has 0 aliphatic rings.